The third kappa shape index (κ3) is 2.62. The van der Waals surface area contributed by atoms with Crippen LogP contribution in [0.2, 0.25) is 0 Å². The van der Waals surface area contributed by atoms with Gasteiger partial charge < -0.3 is 4.98 Å². The summed E-state index contributed by atoms with van der Waals surface area (Å²) >= 11 is 0. The molecule has 0 aliphatic heterocycles. The van der Waals surface area contributed by atoms with Gasteiger partial charge in [-0.25, -0.2) is 17.9 Å². The second kappa shape index (κ2) is 4.95. The summed E-state index contributed by atoms with van der Waals surface area (Å²) in [6.07, 6.45) is 0. The monoisotopic (exact) mass is 269 g/mol. The molecule has 2 N–H and O–H groups in total. The number of aromatic amines is 1. The first-order chi connectivity index (χ1) is 8.53. The number of aromatic nitrogens is 2. The van der Waals surface area contributed by atoms with Crippen molar-refractivity contribution >= 4 is 21.1 Å². The quantitative estimate of drug-likeness (QED) is 0.817. The number of benzene rings is 1. The second-order valence-corrected chi connectivity index (χ2v) is 5.99. The fourth-order valence-electron chi connectivity index (χ4n) is 1.74. The second-order valence-electron chi connectivity index (χ2n) is 3.90. The standard InChI is InChI=1S/C11H15N3O3S/c1-2-18(16,17)12-7-8-14-10-6-4-3-5-9(10)13-11(14)15/h3-6,12H,2,7-8H2,1H3,(H,13,15). The molecule has 0 amide bonds. The van der Waals surface area contributed by atoms with Gasteiger partial charge in [0.05, 0.1) is 16.8 Å². The number of rotatable bonds is 5. The Hall–Kier alpha value is -1.60. The lowest BCUT2D eigenvalue weighted by Gasteiger charge is -2.05. The summed E-state index contributed by atoms with van der Waals surface area (Å²) in [4.78, 5) is 14.4. The van der Waals surface area contributed by atoms with Crippen molar-refractivity contribution in [1.29, 1.82) is 0 Å². The fraction of sp³-hybridized carbons (Fsp3) is 0.364. The highest BCUT2D eigenvalue weighted by Crippen LogP contribution is 2.08. The molecular weight excluding hydrogens is 254 g/mol. The molecule has 0 unspecified atom stereocenters. The number of hydrogen-bond acceptors (Lipinski definition) is 3. The number of para-hydroxylation sites is 2. The summed E-state index contributed by atoms with van der Waals surface area (Å²) in [7, 11) is -3.21. The third-order valence-corrected chi connectivity index (χ3v) is 4.12. The van der Waals surface area contributed by atoms with Crippen molar-refractivity contribution in [3.8, 4) is 0 Å². The largest absolute Gasteiger partial charge is 0.326 e. The van der Waals surface area contributed by atoms with Crippen LogP contribution in [0.1, 0.15) is 6.92 Å². The number of nitrogens with one attached hydrogen (secondary N) is 2. The minimum Gasteiger partial charge on any atom is -0.306 e. The topological polar surface area (TPSA) is 84.0 Å². The van der Waals surface area contributed by atoms with Gasteiger partial charge in [0, 0.05) is 13.1 Å². The predicted molar refractivity (Wildman–Crippen MR) is 70.0 cm³/mol. The van der Waals surface area contributed by atoms with E-state index < -0.39 is 10.0 Å². The van der Waals surface area contributed by atoms with Crippen molar-refractivity contribution in [1.82, 2.24) is 14.3 Å². The van der Waals surface area contributed by atoms with Crippen LogP contribution in [-0.4, -0.2) is 30.3 Å². The van der Waals surface area contributed by atoms with Crippen molar-refractivity contribution < 1.29 is 8.42 Å². The Labute approximate surface area is 105 Å². The number of sulfonamides is 1. The molecule has 7 heteroatoms. The van der Waals surface area contributed by atoms with E-state index in [-0.39, 0.29) is 18.0 Å². The molecule has 6 nitrogen and oxygen atoms in total. The highest BCUT2D eigenvalue weighted by molar-refractivity contribution is 7.89. The maximum atomic E-state index is 11.7. The van der Waals surface area contributed by atoms with E-state index in [1.54, 1.807) is 6.92 Å². The van der Waals surface area contributed by atoms with Gasteiger partial charge in [0.1, 0.15) is 0 Å². The van der Waals surface area contributed by atoms with Gasteiger partial charge >= 0.3 is 5.69 Å². The van der Waals surface area contributed by atoms with E-state index in [4.69, 9.17) is 0 Å². The number of H-pyrrole nitrogens is 1. The fourth-order valence-corrected chi connectivity index (χ4v) is 2.35. The number of fused-ring (bicyclic) bond motifs is 1. The zero-order valence-electron chi connectivity index (χ0n) is 10.0. The number of imidazole rings is 1. The Morgan fingerprint density at radius 1 is 1.33 bits per heavy atom. The molecule has 2 rings (SSSR count). The molecule has 1 aromatic carbocycles. The van der Waals surface area contributed by atoms with E-state index in [2.05, 4.69) is 9.71 Å². The van der Waals surface area contributed by atoms with Crippen LogP contribution in [0, 0.1) is 0 Å². The summed E-state index contributed by atoms with van der Waals surface area (Å²) in [6.45, 7) is 2.08. The Bertz CT molecular complexity index is 700. The van der Waals surface area contributed by atoms with E-state index in [1.165, 1.54) is 4.57 Å². The molecule has 18 heavy (non-hydrogen) atoms. The maximum absolute atomic E-state index is 11.7. The molecule has 0 radical (unpaired) electrons. The SMILES string of the molecule is CCS(=O)(=O)NCCn1c(=O)[nH]c2ccccc21. The molecule has 1 heterocycles. The first-order valence-corrected chi connectivity index (χ1v) is 7.33. The van der Waals surface area contributed by atoms with Gasteiger partial charge in [-0.05, 0) is 19.1 Å². The molecule has 0 aliphatic rings. The van der Waals surface area contributed by atoms with Crippen LogP contribution in [0.5, 0.6) is 0 Å². The zero-order valence-corrected chi connectivity index (χ0v) is 10.8. The lowest BCUT2D eigenvalue weighted by Crippen LogP contribution is -2.31. The highest BCUT2D eigenvalue weighted by Gasteiger charge is 2.08. The lowest BCUT2D eigenvalue weighted by molar-refractivity contribution is 0.574. The molecule has 0 saturated carbocycles. The molecule has 0 fully saturated rings. The average molecular weight is 269 g/mol. The first kappa shape index (κ1) is 12.8. The number of hydrogen-bond donors (Lipinski definition) is 2. The van der Waals surface area contributed by atoms with E-state index in [9.17, 15) is 13.2 Å². The lowest BCUT2D eigenvalue weighted by atomic mass is 10.3. The van der Waals surface area contributed by atoms with Crippen molar-refractivity contribution in [2.75, 3.05) is 12.3 Å². The van der Waals surface area contributed by atoms with E-state index in [0.29, 0.717) is 6.54 Å². The predicted octanol–water partition coefficient (Wildman–Crippen LogP) is 0.269. The van der Waals surface area contributed by atoms with Gasteiger partial charge in [-0.1, -0.05) is 12.1 Å². The minimum atomic E-state index is -3.21. The summed E-state index contributed by atoms with van der Waals surface area (Å²) < 4.78 is 26.5. The maximum Gasteiger partial charge on any atom is 0.326 e. The van der Waals surface area contributed by atoms with Gasteiger partial charge in [0.25, 0.3) is 0 Å². The smallest absolute Gasteiger partial charge is 0.306 e. The normalized spacial score (nSPS) is 12.1. The molecule has 1 aromatic heterocycles. The van der Waals surface area contributed by atoms with Crippen LogP contribution in [0.15, 0.2) is 29.1 Å². The van der Waals surface area contributed by atoms with Crippen molar-refractivity contribution in [2.45, 2.75) is 13.5 Å². The zero-order chi connectivity index (χ0) is 13.2. The Morgan fingerprint density at radius 3 is 2.78 bits per heavy atom. The van der Waals surface area contributed by atoms with E-state index in [1.807, 2.05) is 24.3 Å². The van der Waals surface area contributed by atoms with Crippen LogP contribution < -0.4 is 10.4 Å². The molecule has 0 atom stereocenters. The van der Waals surface area contributed by atoms with Crippen LogP contribution in [0.25, 0.3) is 11.0 Å². The van der Waals surface area contributed by atoms with Gasteiger partial charge in [0.15, 0.2) is 0 Å². The molecule has 0 aliphatic carbocycles. The van der Waals surface area contributed by atoms with Crippen molar-refractivity contribution in [3.05, 3.63) is 34.7 Å². The van der Waals surface area contributed by atoms with Crippen molar-refractivity contribution in [2.24, 2.45) is 0 Å². The highest BCUT2D eigenvalue weighted by atomic mass is 32.2. The summed E-state index contributed by atoms with van der Waals surface area (Å²) in [5.74, 6) is 0.0375. The Balaban J connectivity index is 2.18. The molecule has 2 aromatic rings. The van der Waals surface area contributed by atoms with Crippen LogP contribution in [-0.2, 0) is 16.6 Å². The first-order valence-electron chi connectivity index (χ1n) is 5.68. The van der Waals surface area contributed by atoms with Gasteiger partial charge in [-0.15, -0.1) is 0 Å². The third-order valence-electron chi connectivity index (χ3n) is 2.72. The summed E-state index contributed by atoms with van der Waals surface area (Å²) in [5, 5.41) is 0. The van der Waals surface area contributed by atoms with Crippen LogP contribution >= 0.6 is 0 Å². The minimum absolute atomic E-state index is 0.0375. The molecule has 0 saturated heterocycles. The average Bonchev–Trinajstić information content (AvgIpc) is 2.66. The van der Waals surface area contributed by atoms with Gasteiger partial charge in [-0.2, -0.15) is 0 Å². The Kier molecular flexibility index (Phi) is 3.53. The molecule has 0 bridgehead atoms. The van der Waals surface area contributed by atoms with Crippen LogP contribution in [0.3, 0.4) is 0 Å². The van der Waals surface area contributed by atoms with Gasteiger partial charge in [0.2, 0.25) is 10.0 Å². The Morgan fingerprint density at radius 2 is 2.06 bits per heavy atom. The number of nitrogens with zero attached hydrogens (tertiary/aromatic N) is 1. The van der Waals surface area contributed by atoms with Crippen LogP contribution in [0.4, 0.5) is 0 Å². The summed E-state index contributed by atoms with van der Waals surface area (Å²) in [6, 6.07) is 7.30. The van der Waals surface area contributed by atoms with Gasteiger partial charge in [-0.3, -0.25) is 4.57 Å². The van der Waals surface area contributed by atoms with E-state index in [0.717, 1.165) is 11.0 Å². The summed E-state index contributed by atoms with van der Waals surface area (Å²) in [5.41, 5.74) is 1.30. The van der Waals surface area contributed by atoms with Crippen molar-refractivity contribution in [3.63, 3.8) is 0 Å². The molecular formula is C11H15N3O3S. The van der Waals surface area contributed by atoms with E-state index >= 15 is 0 Å². The molecule has 98 valence electrons. The molecule has 0 spiro atoms.